The van der Waals surface area contributed by atoms with Crippen LogP contribution in [0.3, 0.4) is 0 Å². The van der Waals surface area contributed by atoms with Gasteiger partial charge in [-0.3, -0.25) is 14.6 Å². The Kier molecular flexibility index (Phi) is 7.46. The van der Waals surface area contributed by atoms with Gasteiger partial charge in [-0.1, -0.05) is 0 Å². The number of carbonyl (C=O) groups excluding carboxylic acids is 2. The first kappa shape index (κ1) is 25.9. The van der Waals surface area contributed by atoms with Crippen LogP contribution in [0.25, 0.3) is 11.0 Å². The zero-order valence-corrected chi connectivity index (χ0v) is 22.1. The summed E-state index contributed by atoms with van der Waals surface area (Å²) in [5.74, 6) is 0.684. The summed E-state index contributed by atoms with van der Waals surface area (Å²) in [7, 11) is 1.73. The third-order valence-electron chi connectivity index (χ3n) is 7.38. The Bertz CT molecular complexity index is 1310. The zero-order chi connectivity index (χ0) is 26.7. The van der Waals surface area contributed by atoms with Gasteiger partial charge in [0.15, 0.2) is 0 Å². The van der Waals surface area contributed by atoms with E-state index in [2.05, 4.69) is 9.88 Å². The van der Waals surface area contributed by atoms with Gasteiger partial charge in [-0.15, -0.1) is 0 Å². The Hall–Kier alpha value is -3.72. The van der Waals surface area contributed by atoms with Gasteiger partial charge < -0.3 is 24.5 Å². The minimum atomic E-state index is -1.04. The van der Waals surface area contributed by atoms with Crippen molar-refractivity contribution < 1.29 is 19.4 Å². The number of aryl methyl sites for hydroxylation is 1. The Morgan fingerprint density at radius 3 is 2.71 bits per heavy atom. The van der Waals surface area contributed by atoms with E-state index in [0.29, 0.717) is 43.9 Å². The molecular formula is C29H35N5O4. The fraction of sp³-hybridized carbons (Fsp3) is 0.448. The van der Waals surface area contributed by atoms with Crippen LogP contribution >= 0.6 is 0 Å². The van der Waals surface area contributed by atoms with Crippen molar-refractivity contribution >= 4 is 28.5 Å². The van der Waals surface area contributed by atoms with Gasteiger partial charge in [0.05, 0.1) is 29.9 Å². The van der Waals surface area contributed by atoms with Crippen molar-refractivity contribution in [1.29, 1.82) is 0 Å². The Balaban J connectivity index is 1.19. The SMILES string of the molecule is Cc1ccc2nccc(N3CCCC(O)(CN(C)C(=O)c4ccc(OCCN5CCCC5=O)cc4)C3)c2n1. The Morgan fingerprint density at radius 1 is 1.13 bits per heavy atom. The van der Waals surface area contributed by atoms with Gasteiger partial charge in [0.2, 0.25) is 5.91 Å². The first-order valence-corrected chi connectivity index (χ1v) is 13.3. The number of benzene rings is 1. The molecule has 5 rings (SSSR count). The molecule has 200 valence electrons. The molecule has 2 fully saturated rings. The van der Waals surface area contributed by atoms with Gasteiger partial charge in [-0.25, -0.2) is 4.98 Å². The van der Waals surface area contributed by atoms with Gasteiger partial charge in [0.1, 0.15) is 17.9 Å². The number of nitrogens with zero attached hydrogens (tertiary/aromatic N) is 5. The van der Waals surface area contributed by atoms with E-state index < -0.39 is 5.60 Å². The zero-order valence-electron chi connectivity index (χ0n) is 22.1. The summed E-state index contributed by atoms with van der Waals surface area (Å²) in [6.45, 7) is 5.18. The normalized spacial score (nSPS) is 19.7. The smallest absolute Gasteiger partial charge is 0.253 e. The van der Waals surface area contributed by atoms with Gasteiger partial charge >= 0.3 is 0 Å². The van der Waals surface area contributed by atoms with Crippen molar-refractivity contribution in [2.45, 2.75) is 38.2 Å². The number of likely N-dealkylation sites (tertiary alicyclic amines) is 1. The summed E-state index contributed by atoms with van der Waals surface area (Å²) in [5.41, 5.74) is 3.02. The molecule has 1 unspecified atom stereocenters. The van der Waals surface area contributed by atoms with Crippen molar-refractivity contribution in [2.24, 2.45) is 0 Å². The van der Waals surface area contributed by atoms with Crippen LogP contribution in [-0.2, 0) is 4.79 Å². The molecule has 0 saturated carbocycles. The van der Waals surface area contributed by atoms with Crippen LogP contribution in [0.4, 0.5) is 5.69 Å². The fourth-order valence-corrected chi connectivity index (χ4v) is 5.45. The number of anilines is 1. The van der Waals surface area contributed by atoms with Crippen LogP contribution in [0, 0.1) is 6.92 Å². The number of fused-ring (bicyclic) bond motifs is 1. The summed E-state index contributed by atoms with van der Waals surface area (Å²) in [4.78, 5) is 39.6. The highest BCUT2D eigenvalue weighted by Crippen LogP contribution is 2.31. The van der Waals surface area contributed by atoms with Gasteiger partial charge in [0.25, 0.3) is 5.91 Å². The highest BCUT2D eigenvalue weighted by atomic mass is 16.5. The van der Waals surface area contributed by atoms with Gasteiger partial charge in [-0.05, 0) is 68.7 Å². The second-order valence-electron chi connectivity index (χ2n) is 10.4. The summed E-state index contributed by atoms with van der Waals surface area (Å²) in [6, 6.07) is 12.9. The molecule has 1 N–H and O–H groups in total. The predicted molar refractivity (Wildman–Crippen MR) is 145 cm³/mol. The minimum absolute atomic E-state index is 0.156. The average Bonchev–Trinajstić information content (AvgIpc) is 3.32. The lowest BCUT2D eigenvalue weighted by Gasteiger charge is -2.42. The van der Waals surface area contributed by atoms with Gasteiger partial charge in [-0.2, -0.15) is 0 Å². The van der Waals surface area contributed by atoms with Crippen LogP contribution in [0.15, 0.2) is 48.7 Å². The standard InChI is InChI=1S/C29H35N5O4/c1-21-6-11-24-27(31-21)25(12-14-30-24)34-16-4-13-29(37,20-34)19-32(2)28(36)22-7-9-23(10-8-22)38-18-17-33-15-3-5-26(33)35/h6-12,14,37H,3-5,13,15-20H2,1-2H3. The topological polar surface area (TPSA) is 99.1 Å². The van der Waals surface area contributed by atoms with E-state index in [4.69, 9.17) is 9.72 Å². The lowest BCUT2D eigenvalue weighted by molar-refractivity contribution is -0.128. The summed E-state index contributed by atoms with van der Waals surface area (Å²) in [5, 5.41) is 11.5. The monoisotopic (exact) mass is 517 g/mol. The lowest BCUT2D eigenvalue weighted by atomic mass is 9.91. The summed E-state index contributed by atoms with van der Waals surface area (Å²) in [6.07, 6.45) is 4.73. The molecule has 9 nitrogen and oxygen atoms in total. The van der Waals surface area contributed by atoms with Crippen molar-refractivity contribution in [1.82, 2.24) is 19.8 Å². The Morgan fingerprint density at radius 2 is 1.95 bits per heavy atom. The maximum Gasteiger partial charge on any atom is 0.253 e. The number of hydrogen-bond donors (Lipinski definition) is 1. The molecule has 0 radical (unpaired) electrons. The highest BCUT2D eigenvalue weighted by Gasteiger charge is 2.36. The van der Waals surface area contributed by atoms with Crippen LogP contribution in [0.1, 0.15) is 41.7 Å². The number of rotatable bonds is 8. The Labute approximate surface area is 223 Å². The van der Waals surface area contributed by atoms with E-state index in [0.717, 1.165) is 48.3 Å². The van der Waals surface area contributed by atoms with Crippen molar-refractivity contribution in [2.75, 3.05) is 51.3 Å². The molecule has 2 aliphatic heterocycles. The van der Waals surface area contributed by atoms with Crippen LogP contribution in [0.5, 0.6) is 5.75 Å². The van der Waals surface area contributed by atoms with E-state index >= 15 is 0 Å². The second-order valence-corrected chi connectivity index (χ2v) is 10.4. The maximum absolute atomic E-state index is 13.2. The fourth-order valence-electron chi connectivity index (χ4n) is 5.45. The number of β-amino-alcohol motifs (C(OH)–C–C–N with tert-alkyl or cyclic N) is 1. The predicted octanol–water partition coefficient (Wildman–Crippen LogP) is 3.04. The van der Waals surface area contributed by atoms with E-state index in [9.17, 15) is 14.7 Å². The molecule has 4 heterocycles. The molecule has 2 saturated heterocycles. The van der Waals surface area contributed by atoms with E-state index in [-0.39, 0.29) is 18.4 Å². The molecule has 1 aromatic carbocycles. The van der Waals surface area contributed by atoms with Gasteiger partial charge in [0, 0.05) is 50.6 Å². The number of amides is 2. The highest BCUT2D eigenvalue weighted by molar-refractivity contribution is 5.94. The molecule has 1 atom stereocenters. The molecule has 0 spiro atoms. The second kappa shape index (κ2) is 10.9. The molecule has 38 heavy (non-hydrogen) atoms. The third kappa shape index (κ3) is 5.72. The third-order valence-corrected chi connectivity index (χ3v) is 7.38. The van der Waals surface area contributed by atoms with Crippen molar-refractivity contribution in [3.63, 3.8) is 0 Å². The number of pyridine rings is 2. The van der Waals surface area contributed by atoms with Crippen LogP contribution in [0.2, 0.25) is 0 Å². The summed E-state index contributed by atoms with van der Waals surface area (Å²) >= 11 is 0. The summed E-state index contributed by atoms with van der Waals surface area (Å²) < 4.78 is 5.77. The van der Waals surface area contributed by atoms with E-state index in [1.807, 2.05) is 30.0 Å². The van der Waals surface area contributed by atoms with E-state index in [1.165, 1.54) is 0 Å². The number of piperidine rings is 1. The lowest BCUT2D eigenvalue weighted by Crippen LogP contribution is -2.54. The van der Waals surface area contributed by atoms with Crippen molar-refractivity contribution in [3.05, 3.63) is 59.9 Å². The molecule has 0 aliphatic carbocycles. The number of aliphatic hydroxyl groups is 1. The van der Waals surface area contributed by atoms with E-state index in [1.54, 1.807) is 42.4 Å². The van der Waals surface area contributed by atoms with Crippen LogP contribution in [-0.4, -0.2) is 88.7 Å². The molecule has 2 aromatic heterocycles. The number of ether oxygens (including phenoxy) is 1. The first-order valence-electron chi connectivity index (χ1n) is 13.3. The maximum atomic E-state index is 13.2. The molecule has 3 aromatic rings. The largest absolute Gasteiger partial charge is 0.492 e. The first-order chi connectivity index (χ1) is 18.3. The molecular weight excluding hydrogens is 482 g/mol. The van der Waals surface area contributed by atoms with Crippen molar-refractivity contribution in [3.8, 4) is 5.75 Å². The molecule has 2 amide bonds. The number of likely N-dealkylation sites (N-methyl/N-ethyl adjacent to an activating group) is 1. The number of carbonyl (C=O) groups is 2. The van der Waals surface area contributed by atoms with Crippen LogP contribution < -0.4 is 9.64 Å². The minimum Gasteiger partial charge on any atom is -0.492 e. The molecule has 9 heteroatoms. The number of aromatic nitrogens is 2. The quantitative estimate of drug-likeness (QED) is 0.490. The number of hydrogen-bond acceptors (Lipinski definition) is 7. The average molecular weight is 518 g/mol. The molecule has 0 bridgehead atoms. The molecule has 2 aliphatic rings.